The van der Waals surface area contributed by atoms with Gasteiger partial charge in [-0.05, 0) is 74.6 Å². The lowest BCUT2D eigenvalue weighted by atomic mass is 9.82. The van der Waals surface area contributed by atoms with Gasteiger partial charge < -0.3 is 10.4 Å². The molecule has 0 amide bonds. The number of anilines is 1. The molecule has 2 heterocycles. The number of nitrogens with one attached hydrogen (secondary N) is 3. The maximum absolute atomic E-state index is 14.0. The van der Waals surface area contributed by atoms with Crippen LogP contribution >= 0.6 is 0 Å². The molecular weight excluding hydrogens is 604 g/mol. The monoisotopic (exact) mass is 638 g/mol. The molecule has 2 aromatic heterocycles. The second-order valence-corrected chi connectivity index (χ2v) is 12.8. The predicted octanol–water partition coefficient (Wildman–Crippen LogP) is 5.62. The molecule has 5 rings (SSSR count). The number of aliphatic imine (C=N–C) groups is 1. The fraction of sp³-hybridized carbons (Fsp3) is 0.235. The Hall–Kier alpha value is -5.16. The van der Waals surface area contributed by atoms with Gasteiger partial charge in [-0.1, -0.05) is 60.2 Å². The van der Waals surface area contributed by atoms with E-state index in [2.05, 4.69) is 30.2 Å². The zero-order valence-electron chi connectivity index (χ0n) is 25.6. The van der Waals surface area contributed by atoms with Crippen molar-refractivity contribution in [2.45, 2.75) is 50.1 Å². The van der Waals surface area contributed by atoms with Gasteiger partial charge in [0, 0.05) is 29.6 Å². The maximum atomic E-state index is 14.0. The fourth-order valence-electron chi connectivity index (χ4n) is 6.00. The minimum absolute atomic E-state index is 0.0722. The molecule has 11 nitrogen and oxygen atoms in total. The van der Waals surface area contributed by atoms with Gasteiger partial charge in [-0.3, -0.25) is 5.10 Å². The second-order valence-electron chi connectivity index (χ2n) is 11.2. The molecule has 0 bridgehead atoms. The number of hydrogen-bond acceptors (Lipinski definition) is 8. The van der Waals surface area contributed by atoms with Crippen molar-refractivity contribution in [1.82, 2.24) is 19.9 Å². The molecule has 0 saturated carbocycles. The van der Waals surface area contributed by atoms with Crippen molar-refractivity contribution >= 4 is 38.8 Å². The van der Waals surface area contributed by atoms with Crippen molar-refractivity contribution in [1.29, 1.82) is 0 Å². The molecule has 12 heteroatoms. The van der Waals surface area contributed by atoms with Crippen LogP contribution in [0.5, 0.6) is 0 Å². The molecule has 4 N–H and O–H groups in total. The van der Waals surface area contributed by atoms with E-state index in [1.165, 1.54) is 6.08 Å². The highest BCUT2D eigenvalue weighted by Gasteiger charge is 2.51. The number of aliphatic carboxylic acids is 1. The second kappa shape index (κ2) is 13.5. The number of fused-ring (bicyclic) bond motifs is 1. The average Bonchev–Trinajstić information content (AvgIpc) is 3.44. The Morgan fingerprint density at radius 3 is 2.39 bits per heavy atom. The summed E-state index contributed by atoms with van der Waals surface area (Å²) in [4.78, 5) is 33.2. The Kier molecular flexibility index (Phi) is 9.43. The number of carboxylic acid groups (broad SMARTS) is 1. The molecule has 0 aliphatic carbocycles. The number of benzene rings is 3. The molecule has 3 aromatic carbocycles. The van der Waals surface area contributed by atoms with Gasteiger partial charge in [0.15, 0.2) is 0 Å². The number of nitrogens with zero attached hydrogens (tertiary/aromatic N) is 3. The predicted molar refractivity (Wildman–Crippen MR) is 176 cm³/mol. The number of aryl methyl sites for hydroxylation is 3. The number of aromatic amines is 1. The molecule has 5 aromatic rings. The average molecular weight is 639 g/mol. The van der Waals surface area contributed by atoms with Crippen molar-refractivity contribution in [3.63, 3.8) is 0 Å². The van der Waals surface area contributed by atoms with Crippen LogP contribution in [-0.4, -0.2) is 53.0 Å². The lowest BCUT2D eigenvalue weighted by Gasteiger charge is -2.34. The van der Waals surface area contributed by atoms with Crippen LogP contribution in [0.25, 0.3) is 22.2 Å². The Morgan fingerprint density at radius 2 is 1.74 bits per heavy atom. The van der Waals surface area contributed by atoms with E-state index >= 15 is 0 Å². The van der Waals surface area contributed by atoms with E-state index in [0.29, 0.717) is 52.1 Å². The quantitative estimate of drug-likeness (QED) is 0.0732. The number of H-pyrrole nitrogens is 1. The van der Waals surface area contributed by atoms with Crippen LogP contribution < -0.4 is 10.0 Å². The van der Waals surface area contributed by atoms with E-state index in [4.69, 9.17) is 0 Å². The van der Waals surface area contributed by atoms with Gasteiger partial charge in [-0.2, -0.15) is 14.8 Å². The van der Waals surface area contributed by atoms with Crippen LogP contribution in [0.1, 0.15) is 41.0 Å². The molecule has 0 radical (unpaired) electrons. The number of isocyanates is 1. The molecule has 0 aliphatic heterocycles. The summed E-state index contributed by atoms with van der Waals surface area (Å²) in [5, 5.41) is 22.2. The highest BCUT2D eigenvalue weighted by atomic mass is 32.2. The minimum Gasteiger partial charge on any atom is -0.478 e. The van der Waals surface area contributed by atoms with Crippen LogP contribution in [0.15, 0.2) is 94.9 Å². The Balaban J connectivity index is 1.63. The lowest BCUT2D eigenvalue weighted by Crippen LogP contribution is -2.57. The highest BCUT2D eigenvalue weighted by Crippen LogP contribution is 2.39. The summed E-state index contributed by atoms with van der Waals surface area (Å²) in [6.45, 7) is 5.50. The summed E-state index contributed by atoms with van der Waals surface area (Å²) < 4.78 is 30.4. The van der Waals surface area contributed by atoms with Gasteiger partial charge in [0.05, 0.1) is 16.1 Å². The summed E-state index contributed by atoms with van der Waals surface area (Å²) in [5.41, 5.74) is 1.72. The topological polar surface area (TPSA) is 166 Å². The van der Waals surface area contributed by atoms with Gasteiger partial charge >= 0.3 is 5.97 Å². The minimum atomic E-state index is -4.52. The van der Waals surface area contributed by atoms with E-state index in [0.717, 1.165) is 11.1 Å². The SMILES string of the molecule is Cc1cc(C)c(S(=O)(=O)N[C@](N=C=O)(C(=O)O)C(CCCNc2ccccn2)c2ccc3[nH]nc(-c4ccccc4)c3c2)c(C)c1. The zero-order valence-corrected chi connectivity index (χ0v) is 26.4. The smallest absolute Gasteiger partial charge is 0.349 e. The Morgan fingerprint density at radius 1 is 1.02 bits per heavy atom. The Labute approximate surface area is 266 Å². The van der Waals surface area contributed by atoms with Crippen LogP contribution in [0.3, 0.4) is 0 Å². The molecule has 1 unspecified atom stereocenters. The number of pyridine rings is 1. The molecule has 0 fully saturated rings. The summed E-state index contributed by atoms with van der Waals surface area (Å²) in [6, 6.07) is 23.5. The van der Waals surface area contributed by atoms with Crippen molar-refractivity contribution in [3.05, 3.63) is 107 Å². The third kappa shape index (κ3) is 6.59. The normalized spacial score (nSPS) is 13.5. The van der Waals surface area contributed by atoms with Gasteiger partial charge in [0.1, 0.15) is 5.82 Å². The zero-order chi connectivity index (χ0) is 32.9. The molecule has 0 saturated heterocycles. The molecular formula is C34H34N6O5S. The van der Waals surface area contributed by atoms with Gasteiger partial charge in [-0.15, -0.1) is 0 Å². The third-order valence-corrected chi connectivity index (χ3v) is 9.65. The van der Waals surface area contributed by atoms with Gasteiger partial charge in [0.25, 0.3) is 0 Å². The van der Waals surface area contributed by atoms with E-state index in [-0.39, 0.29) is 11.3 Å². The van der Waals surface area contributed by atoms with E-state index in [1.807, 2.05) is 43.3 Å². The maximum Gasteiger partial charge on any atom is 0.349 e. The van der Waals surface area contributed by atoms with Crippen molar-refractivity contribution in [2.75, 3.05) is 11.9 Å². The number of sulfonamides is 1. The van der Waals surface area contributed by atoms with E-state index in [9.17, 15) is 23.1 Å². The van der Waals surface area contributed by atoms with Crippen LogP contribution in [0.4, 0.5) is 5.82 Å². The number of hydrogen-bond donors (Lipinski definition) is 4. The van der Waals surface area contributed by atoms with Crippen molar-refractivity contribution < 1.29 is 23.1 Å². The van der Waals surface area contributed by atoms with Crippen LogP contribution in [0, 0.1) is 20.8 Å². The largest absolute Gasteiger partial charge is 0.478 e. The summed E-state index contributed by atoms with van der Waals surface area (Å²) >= 11 is 0. The molecule has 0 spiro atoms. The number of aromatic nitrogens is 3. The summed E-state index contributed by atoms with van der Waals surface area (Å²) in [5.74, 6) is -2.14. The lowest BCUT2D eigenvalue weighted by molar-refractivity contribution is -0.144. The number of carboxylic acids is 1. The number of carbonyl (C=O) groups is 1. The number of carbonyl (C=O) groups excluding carboxylic acids is 1. The fourth-order valence-corrected chi connectivity index (χ4v) is 7.75. The molecule has 46 heavy (non-hydrogen) atoms. The first kappa shape index (κ1) is 32.2. The summed E-state index contributed by atoms with van der Waals surface area (Å²) in [6.07, 6.45) is 3.51. The molecule has 2 atom stereocenters. The van der Waals surface area contributed by atoms with E-state index in [1.54, 1.807) is 62.5 Å². The first-order valence-corrected chi connectivity index (χ1v) is 16.2. The molecule has 0 aliphatic rings. The highest BCUT2D eigenvalue weighted by molar-refractivity contribution is 7.89. The van der Waals surface area contributed by atoms with Crippen molar-refractivity contribution in [3.8, 4) is 11.3 Å². The van der Waals surface area contributed by atoms with Crippen molar-refractivity contribution in [2.24, 2.45) is 4.99 Å². The van der Waals surface area contributed by atoms with E-state index < -0.39 is 27.6 Å². The van der Waals surface area contributed by atoms with Gasteiger partial charge in [-0.25, -0.2) is 23.0 Å². The first-order chi connectivity index (χ1) is 22.1. The van der Waals surface area contributed by atoms with Crippen LogP contribution in [0.2, 0.25) is 0 Å². The molecule has 236 valence electrons. The van der Waals surface area contributed by atoms with Gasteiger partial charge in [0.2, 0.25) is 21.8 Å². The standard InChI is InChI=1S/C34H34N6O5S/c1-22-18-23(2)32(24(3)19-22)46(44,45)40-34(33(42)43,37-21-41)28(12-9-17-36-30-13-7-8-16-35-30)26-14-15-29-27(20-26)31(39-38-29)25-10-5-4-6-11-25/h4-8,10-11,13-16,18-20,28,40H,9,12,17H2,1-3H3,(H,35,36)(H,38,39)(H,42,43)/t28?,34-/m0/s1. The third-order valence-electron chi connectivity index (χ3n) is 7.89. The number of rotatable bonds is 13. The van der Waals surface area contributed by atoms with Crippen LogP contribution in [-0.2, 0) is 19.6 Å². The summed E-state index contributed by atoms with van der Waals surface area (Å²) in [7, 11) is -4.52. The first-order valence-electron chi connectivity index (χ1n) is 14.7. The Bertz CT molecular complexity index is 2000.